The first-order valence-corrected chi connectivity index (χ1v) is 6.89. The van der Waals surface area contributed by atoms with Gasteiger partial charge in [-0.2, -0.15) is 5.10 Å². The van der Waals surface area contributed by atoms with E-state index in [2.05, 4.69) is 15.8 Å². The Labute approximate surface area is 128 Å². The molecule has 0 aromatic heterocycles. The molecule has 0 fully saturated rings. The van der Waals surface area contributed by atoms with Crippen LogP contribution in [0.15, 0.2) is 53.6 Å². The number of halogens is 1. The van der Waals surface area contributed by atoms with Crippen LogP contribution in [0.1, 0.15) is 11.1 Å². The first kappa shape index (κ1) is 15.1. The Morgan fingerprint density at radius 2 is 2.05 bits per heavy atom. The van der Waals surface area contributed by atoms with E-state index in [1.807, 2.05) is 43.3 Å². The van der Waals surface area contributed by atoms with Crippen LogP contribution < -0.4 is 10.7 Å². The number of aryl methyl sites for hydroxylation is 1. The van der Waals surface area contributed by atoms with Crippen molar-refractivity contribution in [1.82, 2.24) is 5.43 Å². The third-order valence-corrected chi connectivity index (χ3v) is 2.96. The minimum absolute atomic E-state index is 0.163. The summed E-state index contributed by atoms with van der Waals surface area (Å²) in [5.41, 5.74) is 5.33. The zero-order valence-electron chi connectivity index (χ0n) is 11.6. The summed E-state index contributed by atoms with van der Waals surface area (Å²) < 4.78 is 0. The molecular formula is C16H16ClN3O. The van der Waals surface area contributed by atoms with Crippen molar-refractivity contribution >= 4 is 29.4 Å². The van der Waals surface area contributed by atoms with Gasteiger partial charge in [-0.15, -0.1) is 0 Å². The van der Waals surface area contributed by atoms with Crippen LogP contribution in [0.2, 0.25) is 5.02 Å². The zero-order valence-corrected chi connectivity index (χ0v) is 12.4. The molecule has 108 valence electrons. The molecule has 2 N–H and O–H groups in total. The Kier molecular flexibility index (Phi) is 5.35. The normalized spacial score (nSPS) is 10.6. The number of amides is 1. The number of nitrogens with zero attached hydrogens (tertiary/aromatic N) is 1. The number of rotatable bonds is 5. The average molecular weight is 302 g/mol. The second-order valence-electron chi connectivity index (χ2n) is 4.57. The van der Waals surface area contributed by atoms with Crippen molar-refractivity contribution in [2.24, 2.45) is 5.10 Å². The molecule has 0 aliphatic carbocycles. The van der Waals surface area contributed by atoms with Crippen molar-refractivity contribution in [3.05, 3.63) is 64.7 Å². The number of hydrazone groups is 1. The summed E-state index contributed by atoms with van der Waals surface area (Å²) in [7, 11) is 0. The largest absolute Gasteiger partial charge is 0.376 e. The number of benzene rings is 2. The van der Waals surface area contributed by atoms with E-state index in [9.17, 15) is 4.79 Å². The van der Waals surface area contributed by atoms with Gasteiger partial charge in [0.25, 0.3) is 5.91 Å². The van der Waals surface area contributed by atoms with Crippen molar-refractivity contribution in [1.29, 1.82) is 0 Å². The molecule has 4 nitrogen and oxygen atoms in total. The van der Waals surface area contributed by atoms with Crippen LogP contribution in [0.5, 0.6) is 0 Å². The van der Waals surface area contributed by atoms with Crippen LogP contribution >= 0.6 is 11.6 Å². The minimum atomic E-state index is -0.213. The van der Waals surface area contributed by atoms with Gasteiger partial charge in [-0.05, 0) is 42.3 Å². The van der Waals surface area contributed by atoms with E-state index in [1.54, 1.807) is 18.3 Å². The van der Waals surface area contributed by atoms with Crippen LogP contribution in [0.4, 0.5) is 5.69 Å². The number of anilines is 1. The first-order chi connectivity index (χ1) is 10.1. The van der Waals surface area contributed by atoms with Gasteiger partial charge in [-0.1, -0.05) is 35.9 Å². The van der Waals surface area contributed by atoms with E-state index < -0.39 is 0 Å². The third-order valence-electron chi connectivity index (χ3n) is 2.72. The van der Waals surface area contributed by atoms with Gasteiger partial charge < -0.3 is 5.32 Å². The van der Waals surface area contributed by atoms with E-state index in [4.69, 9.17) is 11.6 Å². The molecule has 2 aromatic rings. The molecule has 0 saturated carbocycles. The van der Waals surface area contributed by atoms with Gasteiger partial charge in [0.2, 0.25) is 0 Å². The first-order valence-electron chi connectivity index (χ1n) is 6.51. The van der Waals surface area contributed by atoms with Crippen LogP contribution in [-0.4, -0.2) is 18.7 Å². The van der Waals surface area contributed by atoms with Gasteiger partial charge in [0, 0.05) is 10.7 Å². The molecule has 0 unspecified atom stereocenters. The maximum atomic E-state index is 11.6. The van der Waals surface area contributed by atoms with Gasteiger partial charge in [-0.25, -0.2) is 5.43 Å². The van der Waals surface area contributed by atoms with Crippen LogP contribution in [0.3, 0.4) is 0 Å². The van der Waals surface area contributed by atoms with Gasteiger partial charge in [-0.3, -0.25) is 4.79 Å². The highest BCUT2D eigenvalue weighted by molar-refractivity contribution is 6.30. The summed E-state index contributed by atoms with van der Waals surface area (Å²) in [5.74, 6) is -0.213. The second kappa shape index (κ2) is 7.45. The number of nitrogens with one attached hydrogen (secondary N) is 2. The fourth-order valence-electron chi connectivity index (χ4n) is 1.74. The van der Waals surface area contributed by atoms with Crippen LogP contribution in [-0.2, 0) is 4.79 Å². The predicted octanol–water partition coefficient (Wildman–Crippen LogP) is 3.21. The van der Waals surface area contributed by atoms with Gasteiger partial charge in [0.15, 0.2) is 0 Å². The zero-order chi connectivity index (χ0) is 15.1. The predicted molar refractivity (Wildman–Crippen MR) is 86.9 cm³/mol. The molecule has 0 aliphatic rings. The number of hydrogen-bond donors (Lipinski definition) is 2. The van der Waals surface area contributed by atoms with E-state index in [-0.39, 0.29) is 12.5 Å². The molecule has 2 rings (SSSR count). The second-order valence-corrected chi connectivity index (χ2v) is 5.01. The molecule has 0 saturated heterocycles. The molecule has 0 spiro atoms. The Hall–Kier alpha value is -2.33. The molecule has 0 bridgehead atoms. The van der Waals surface area contributed by atoms with Crippen molar-refractivity contribution in [2.75, 3.05) is 11.9 Å². The number of carbonyl (C=O) groups excluding carboxylic acids is 1. The lowest BCUT2D eigenvalue weighted by Gasteiger charge is -2.05. The Morgan fingerprint density at radius 3 is 2.81 bits per heavy atom. The molecule has 1 amide bonds. The van der Waals surface area contributed by atoms with Gasteiger partial charge in [0.1, 0.15) is 0 Å². The highest BCUT2D eigenvalue weighted by Gasteiger charge is 1.99. The maximum absolute atomic E-state index is 11.6. The molecule has 0 radical (unpaired) electrons. The van der Waals surface area contributed by atoms with Crippen molar-refractivity contribution in [2.45, 2.75) is 6.92 Å². The summed E-state index contributed by atoms with van der Waals surface area (Å²) in [6.45, 7) is 2.16. The van der Waals surface area contributed by atoms with Crippen LogP contribution in [0, 0.1) is 6.92 Å². The number of carbonyl (C=O) groups is 1. The summed E-state index contributed by atoms with van der Waals surface area (Å²) in [6, 6.07) is 15.0. The monoisotopic (exact) mass is 301 g/mol. The molecule has 5 heteroatoms. The summed E-state index contributed by atoms with van der Waals surface area (Å²) >= 11 is 5.86. The lowest BCUT2D eigenvalue weighted by atomic mass is 10.2. The van der Waals surface area contributed by atoms with E-state index in [0.717, 1.165) is 16.8 Å². The van der Waals surface area contributed by atoms with Crippen LogP contribution in [0.25, 0.3) is 0 Å². The maximum Gasteiger partial charge on any atom is 0.259 e. The topological polar surface area (TPSA) is 53.5 Å². The standard InChI is InChI=1S/C16H16ClN3O/c1-12-4-2-7-15(8-12)18-11-16(21)20-19-10-13-5-3-6-14(17)9-13/h2-10,18H,11H2,1H3,(H,20,21). The Balaban J connectivity index is 1.80. The third kappa shape index (κ3) is 5.28. The average Bonchev–Trinajstić information content (AvgIpc) is 2.45. The fourth-order valence-corrected chi connectivity index (χ4v) is 1.94. The Morgan fingerprint density at radius 1 is 1.24 bits per heavy atom. The molecule has 0 heterocycles. The SMILES string of the molecule is Cc1cccc(NCC(=O)NN=Cc2cccc(Cl)c2)c1. The molecule has 0 atom stereocenters. The highest BCUT2D eigenvalue weighted by atomic mass is 35.5. The van der Waals surface area contributed by atoms with Gasteiger partial charge in [0.05, 0.1) is 12.8 Å². The van der Waals surface area contributed by atoms with Crippen molar-refractivity contribution in [3.8, 4) is 0 Å². The fraction of sp³-hybridized carbons (Fsp3) is 0.125. The summed E-state index contributed by atoms with van der Waals surface area (Å²) in [5, 5.41) is 7.56. The minimum Gasteiger partial charge on any atom is -0.376 e. The summed E-state index contributed by atoms with van der Waals surface area (Å²) in [6.07, 6.45) is 1.55. The quantitative estimate of drug-likeness (QED) is 0.658. The highest BCUT2D eigenvalue weighted by Crippen LogP contribution is 2.09. The molecule has 21 heavy (non-hydrogen) atoms. The van der Waals surface area contributed by atoms with Crippen molar-refractivity contribution in [3.63, 3.8) is 0 Å². The van der Waals surface area contributed by atoms with E-state index in [1.165, 1.54) is 0 Å². The molecule has 2 aromatic carbocycles. The van der Waals surface area contributed by atoms with E-state index >= 15 is 0 Å². The lowest BCUT2D eigenvalue weighted by Crippen LogP contribution is -2.25. The summed E-state index contributed by atoms with van der Waals surface area (Å²) in [4.78, 5) is 11.6. The van der Waals surface area contributed by atoms with E-state index in [0.29, 0.717) is 5.02 Å². The van der Waals surface area contributed by atoms with Crippen molar-refractivity contribution < 1.29 is 4.79 Å². The molecular weight excluding hydrogens is 286 g/mol. The van der Waals surface area contributed by atoms with Gasteiger partial charge >= 0.3 is 0 Å². The number of hydrogen-bond acceptors (Lipinski definition) is 3. The lowest BCUT2D eigenvalue weighted by molar-refractivity contribution is -0.119. The molecule has 0 aliphatic heterocycles. The Bertz CT molecular complexity index is 655. The smallest absolute Gasteiger partial charge is 0.259 e.